The molecule has 0 saturated heterocycles. The van der Waals surface area contributed by atoms with Gasteiger partial charge in [-0.2, -0.15) is 0 Å². The number of ether oxygens (including phenoxy) is 1. The van der Waals surface area contributed by atoms with Gasteiger partial charge in [0, 0.05) is 12.8 Å². The average Bonchev–Trinajstić information content (AvgIpc) is 3.04. The summed E-state index contributed by atoms with van der Waals surface area (Å²) in [6.45, 7) is 8.12. The maximum absolute atomic E-state index is 10.9. The summed E-state index contributed by atoms with van der Waals surface area (Å²) in [5.74, 6) is 3.91. The Morgan fingerprint density at radius 3 is 2.71 bits per heavy atom. The van der Waals surface area contributed by atoms with Gasteiger partial charge in [0.25, 0.3) is 6.47 Å². The number of fused-ring (bicyclic) bond motifs is 5. The van der Waals surface area contributed by atoms with Crippen LogP contribution in [0.5, 0.6) is 0 Å². The quantitative estimate of drug-likeness (QED) is 0.433. The minimum absolute atomic E-state index is 0.0942. The van der Waals surface area contributed by atoms with Crippen molar-refractivity contribution in [1.82, 2.24) is 0 Å². The van der Waals surface area contributed by atoms with E-state index in [4.69, 9.17) is 4.74 Å². The van der Waals surface area contributed by atoms with E-state index in [2.05, 4.69) is 26.8 Å². The molecule has 0 aromatic heterocycles. The van der Waals surface area contributed by atoms with E-state index in [1.54, 1.807) is 5.57 Å². The van der Waals surface area contributed by atoms with Crippen LogP contribution in [0.3, 0.4) is 0 Å². The fraction of sp³-hybridized carbons (Fsp3) is 0.840. The van der Waals surface area contributed by atoms with Crippen molar-refractivity contribution in [2.45, 2.75) is 91.1 Å². The van der Waals surface area contributed by atoms with Gasteiger partial charge >= 0.3 is 0 Å². The van der Waals surface area contributed by atoms with Crippen LogP contribution in [0, 0.1) is 40.4 Å². The van der Waals surface area contributed by atoms with Crippen molar-refractivity contribution in [1.29, 1.82) is 0 Å². The Balaban J connectivity index is 1.54. The number of carbonyl (C=O) groups is 2. The normalized spacial score (nSPS) is 45.8. The highest BCUT2D eigenvalue weighted by Crippen LogP contribution is 2.67. The highest BCUT2D eigenvalue weighted by molar-refractivity contribution is 5.49. The molecule has 0 aromatic rings. The third-order valence-electron chi connectivity index (χ3n) is 9.81. The third kappa shape index (κ3) is 3.08. The Hall–Kier alpha value is -1.12. The standard InChI is InChI=1S/C25H38O3/c1-17(5-4-14-26)21-8-9-22-20-7-6-18-15-19(28-16-27)10-12-24(18,2)23(20)11-13-25(21,22)3/h6,14,16-17,19-23H,4-5,7-13,15H2,1-3H3/t17-,19+,20+,21-,22+,23+,24+,25-/m1/s1. The molecule has 0 spiro atoms. The SMILES string of the molecule is C[C@H](CCC=O)[C@H]1CC[C@H]2[C@@H]3CC=C4C[C@@H](OC=O)CC[C@]4(C)[C@H]3CC[C@]12C. The summed E-state index contributed by atoms with van der Waals surface area (Å²) in [7, 11) is 0. The van der Waals surface area contributed by atoms with Crippen molar-refractivity contribution >= 4 is 12.8 Å². The van der Waals surface area contributed by atoms with Crippen LogP contribution in [-0.4, -0.2) is 18.9 Å². The van der Waals surface area contributed by atoms with Gasteiger partial charge < -0.3 is 9.53 Å². The van der Waals surface area contributed by atoms with Gasteiger partial charge in [0.1, 0.15) is 12.4 Å². The van der Waals surface area contributed by atoms with E-state index in [0.29, 0.717) is 23.2 Å². The summed E-state index contributed by atoms with van der Waals surface area (Å²) < 4.78 is 5.32. The first kappa shape index (κ1) is 20.2. The molecule has 0 amide bonds. The second-order valence-corrected chi connectivity index (χ2v) is 10.8. The van der Waals surface area contributed by atoms with Crippen LogP contribution in [0.4, 0.5) is 0 Å². The fourth-order valence-corrected chi connectivity index (χ4v) is 8.33. The van der Waals surface area contributed by atoms with Crippen molar-refractivity contribution < 1.29 is 14.3 Å². The van der Waals surface area contributed by atoms with E-state index < -0.39 is 0 Å². The van der Waals surface area contributed by atoms with Gasteiger partial charge in [0.05, 0.1) is 0 Å². The molecule has 3 fully saturated rings. The van der Waals surface area contributed by atoms with E-state index in [9.17, 15) is 9.59 Å². The van der Waals surface area contributed by atoms with Crippen molar-refractivity contribution in [2.24, 2.45) is 40.4 Å². The molecule has 3 heteroatoms. The van der Waals surface area contributed by atoms with Gasteiger partial charge in [0.15, 0.2) is 0 Å². The Kier molecular flexibility index (Phi) is 5.48. The molecule has 8 atom stereocenters. The van der Waals surface area contributed by atoms with E-state index in [-0.39, 0.29) is 6.10 Å². The first-order chi connectivity index (χ1) is 13.4. The molecule has 0 aromatic carbocycles. The Morgan fingerprint density at radius 1 is 1.14 bits per heavy atom. The molecule has 3 saturated carbocycles. The summed E-state index contributed by atoms with van der Waals surface area (Å²) in [6, 6.07) is 0. The average molecular weight is 387 g/mol. The van der Waals surface area contributed by atoms with Gasteiger partial charge in [-0.3, -0.25) is 4.79 Å². The summed E-state index contributed by atoms with van der Waals surface area (Å²) in [6.07, 6.45) is 15.3. The lowest BCUT2D eigenvalue weighted by Gasteiger charge is -2.58. The Labute approximate surface area is 170 Å². The minimum atomic E-state index is 0.0942. The first-order valence-corrected chi connectivity index (χ1v) is 11.7. The zero-order chi connectivity index (χ0) is 19.9. The second kappa shape index (κ2) is 7.61. The van der Waals surface area contributed by atoms with E-state index in [1.807, 2.05) is 0 Å². The molecule has 0 bridgehead atoms. The number of allylic oxidation sites excluding steroid dienone is 1. The lowest BCUT2D eigenvalue weighted by atomic mass is 9.47. The van der Waals surface area contributed by atoms with Crippen LogP contribution < -0.4 is 0 Å². The zero-order valence-corrected chi connectivity index (χ0v) is 18.0. The maximum Gasteiger partial charge on any atom is 0.293 e. The molecule has 4 aliphatic carbocycles. The highest BCUT2D eigenvalue weighted by Gasteiger charge is 2.59. The maximum atomic E-state index is 10.9. The van der Waals surface area contributed by atoms with Crippen molar-refractivity contribution in [3.8, 4) is 0 Å². The van der Waals surface area contributed by atoms with E-state index >= 15 is 0 Å². The molecule has 0 aliphatic heterocycles. The van der Waals surface area contributed by atoms with Crippen LogP contribution in [0.15, 0.2) is 11.6 Å². The molecule has 4 aliphatic rings. The van der Waals surface area contributed by atoms with Crippen molar-refractivity contribution in [3.05, 3.63) is 11.6 Å². The summed E-state index contributed by atoms with van der Waals surface area (Å²) in [4.78, 5) is 21.7. The number of rotatable bonds is 6. The fourth-order valence-electron chi connectivity index (χ4n) is 8.33. The smallest absolute Gasteiger partial charge is 0.293 e. The Morgan fingerprint density at radius 2 is 1.96 bits per heavy atom. The van der Waals surface area contributed by atoms with Gasteiger partial charge in [-0.25, -0.2) is 0 Å². The summed E-state index contributed by atoms with van der Waals surface area (Å²) in [5.41, 5.74) is 2.35. The summed E-state index contributed by atoms with van der Waals surface area (Å²) in [5, 5.41) is 0. The predicted octanol–water partition coefficient (Wildman–Crippen LogP) is 5.72. The molecule has 28 heavy (non-hydrogen) atoms. The van der Waals surface area contributed by atoms with E-state index in [1.165, 1.54) is 38.5 Å². The molecule has 3 nitrogen and oxygen atoms in total. The highest BCUT2D eigenvalue weighted by atomic mass is 16.5. The van der Waals surface area contributed by atoms with Crippen LogP contribution >= 0.6 is 0 Å². The number of aldehydes is 1. The van der Waals surface area contributed by atoms with Crippen LogP contribution in [0.25, 0.3) is 0 Å². The van der Waals surface area contributed by atoms with Crippen LogP contribution in [-0.2, 0) is 14.3 Å². The zero-order valence-electron chi connectivity index (χ0n) is 18.0. The molecule has 4 rings (SSSR count). The number of hydrogen-bond acceptors (Lipinski definition) is 3. The number of carbonyl (C=O) groups excluding carboxylic acids is 2. The van der Waals surface area contributed by atoms with Gasteiger partial charge in [-0.15, -0.1) is 0 Å². The van der Waals surface area contributed by atoms with Crippen LogP contribution in [0.1, 0.15) is 85.0 Å². The molecule has 156 valence electrons. The number of hydrogen-bond donors (Lipinski definition) is 0. The molecule has 0 heterocycles. The first-order valence-electron chi connectivity index (χ1n) is 11.7. The minimum Gasteiger partial charge on any atom is -0.464 e. The molecule has 0 radical (unpaired) electrons. The lowest BCUT2D eigenvalue weighted by Crippen LogP contribution is -2.51. The lowest BCUT2D eigenvalue weighted by molar-refractivity contribution is -0.136. The van der Waals surface area contributed by atoms with Crippen molar-refractivity contribution in [3.63, 3.8) is 0 Å². The van der Waals surface area contributed by atoms with E-state index in [0.717, 1.165) is 55.6 Å². The summed E-state index contributed by atoms with van der Waals surface area (Å²) >= 11 is 0. The van der Waals surface area contributed by atoms with Crippen molar-refractivity contribution in [2.75, 3.05) is 0 Å². The Bertz CT molecular complexity index is 640. The van der Waals surface area contributed by atoms with Gasteiger partial charge in [-0.1, -0.05) is 32.4 Å². The molecular weight excluding hydrogens is 348 g/mol. The molecule has 0 N–H and O–H groups in total. The third-order valence-corrected chi connectivity index (χ3v) is 9.81. The monoisotopic (exact) mass is 386 g/mol. The largest absolute Gasteiger partial charge is 0.464 e. The molecular formula is C25H38O3. The van der Waals surface area contributed by atoms with Gasteiger partial charge in [0.2, 0.25) is 0 Å². The second-order valence-electron chi connectivity index (χ2n) is 10.8. The molecule has 0 unspecified atom stereocenters. The topological polar surface area (TPSA) is 43.4 Å². The predicted molar refractivity (Wildman–Crippen MR) is 111 cm³/mol. The van der Waals surface area contributed by atoms with Crippen LogP contribution in [0.2, 0.25) is 0 Å². The van der Waals surface area contributed by atoms with Gasteiger partial charge in [-0.05, 0) is 91.8 Å².